The summed E-state index contributed by atoms with van der Waals surface area (Å²) in [6, 6.07) is 4.10. The number of hydrogen-bond acceptors (Lipinski definition) is 4. The lowest BCUT2D eigenvalue weighted by atomic mass is 10.1. The summed E-state index contributed by atoms with van der Waals surface area (Å²) in [5, 5.41) is 29.3. The Labute approximate surface area is 97.5 Å². The van der Waals surface area contributed by atoms with Crippen LogP contribution in [-0.4, -0.2) is 39.3 Å². The van der Waals surface area contributed by atoms with Crippen LogP contribution in [-0.2, 0) is 4.79 Å². The Kier molecular flexibility index (Phi) is 4.06. The van der Waals surface area contributed by atoms with Crippen molar-refractivity contribution in [2.75, 3.05) is 0 Å². The van der Waals surface area contributed by atoms with Crippen LogP contribution < -0.4 is 5.32 Å². The Bertz CT molecular complexity index is 430. The molecule has 0 aliphatic rings. The molecule has 0 saturated carbocycles. The number of amides is 1. The van der Waals surface area contributed by atoms with Crippen molar-refractivity contribution in [1.29, 1.82) is 0 Å². The van der Waals surface area contributed by atoms with Gasteiger partial charge in [-0.15, -0.1) is 0 Å². The quantitative estimate of drug-likeness (QED) is 0.589. The van der Waals surface area contributed by atoms with Crippen LogP contribution in [0.15, 0.2) is 24.3 Å². The minimum absolute atomic E-state index is 0.0958. The Hall–Kier alpha value is -2.08. The van der Waals surface area contributed by atoms with Crippen molar-refractivity contribution in [3.63, 3.8) is 0 Å². The van der Waals surface area contributed by atoms with E-state index in [-0.39, 0.29) is 11.3 Å². The van der Waals surface area contributed by atoms with E-state index in [1.165, 1.54) is 31.2 Å². The van der Waals surface area contributed by atoms with Crippen molar-refractivity contribution in [3.05, 3.63) is 29.8 Å². The highest BCUT2D eigenvalue weighted by Gasteiger charge is 2.25. The van der Waals surface area contributed by atoms with Gasteiger partial charge in [-0.3, -0.25) is 4.79 Å². The van der Waals surface area contributed by atoms with Gasteiger partial charge < -0.3 is 20.6 Å². The highest BCUT2D eigenvalue weighted by atomic mass is 16.4. The molecule has 6 heteroatoms. The number of carbonyl (C=O) groups excluding carboxylic acids is 1. The summed E-state index contributed by atoms with van der Waals surface area (Å²) in [4.78, 5) is 22.4. The second kappa shape index (κ2) is 5.31. The van der Waals surface area contributed by atoms with Crippen molar-refractivity contribution in [3.8, 4) is 5.75 Å². The highest BCUT2D eigenvalue weighted by Crippen LogP contribution is 2.11. The predicted octanol–water partition coefficient (Wildman–Crippen LogP) is -0.0440. The summed E-state index contributed by atoms with van der Waals surface area (Å²) in [5.41, 5.74) is 0.122. The lowest BCUT2D eigenvalue weighted by Crippen LogP contribution is -2.47. The predicted molar refractivity (Wildman–Crippen MR) is 58.7 cm³/mol. The van der Waals surface area contributed by atoms with Crippen molar-refractivity contribution in [2.24, 2.45) is 0 Å². The molecule has 0 aliphatic carbocycles. The fourth-order valence-corrected chi connectivity index (χ4v) is 1.26. The van der Waals surface area contributed by atoms with Gasteiger partial charge in [-0.2, -0.15) is 0 Å². The van der Waals surface area contributed by atoms with Gasteiger partial charge in [0.2, 0.25) is 0 Å². The Morgan fingerprint density at radius 1 is 1.35 bits per heavy atom. The minimum Gasteiger partial charge on any atom is -0.508 e. The Balaban J connectivity index is 2.81. The van der Waals surface area contributed by atoms with Crippen LogP contribution in [0.3, 0.4) is 0 Å². The van der Waals surface area contributed by atoms with Crippen LogP contribution >= 0.6 is 0 Å². The number of aliphatic carboxylic acids is 1. The van der Waals surface area contributed by atoms with Crippen molar-refractivity contribution in [1.82, 2.24) is 5.32 Å². The number of nitrogens with one attached hydrogen (secondary N) is 1. The van der Waals surface area contributed by atoms with Crippen molar-refractivity contribution in [2.45, 2.75) is 19.1 Å². The summed E-state index contributed by atoms with van der Waals surface area (Å²) in [6.45, 7) is 1.27. The first-order valence-corrected chi connectivity index (χ1v) is 4.92. The fourth-order valence-electron chi connectivity index (χ4n) is 1.26. The molecule has 6 nitrogen and oxygen atoms in total. The van der Waals surface area contributed by atoms with Crippen LogP contribution in [0, 0.1) is 0 Å². The normalized spacial score (nSPS) is 13.8. The first-order chi connectivity index (χ1) is 7.91. The molecule has 0 saturated heterocycles. The minimum atomic E-state index is -1.38. The molecule has 0 fully saturated rings. The number of phenols is 1. The average molecular weight is 239 g/mol. The summed E-state index contributed by atoms with van der Waals surface area (Å²) >= 11 is 0. The van der Waals surface area contributed by atoms with Crippen LogP contribution in [0.5, 0.6) is 5.75 Å². The zero-order valence-corrected chi connectivity index (χ0v) is 9.12. The molecule has 0 spiro atoms. The second-order valence-electron chi connectivity index (χ2n) is 3.58. The maximum Gasteiger partial charge on any atom is 0.328 e. The van der Waals surface area contributed by atoms with E-state index in [9.17, 15) is 14.7 Å². The molecule has 4 N–H and O–H groups in total. The average Bonchev–Trinajstić information content (AvgIpc) is 2.24. The largest absolute Gasteiger partial charge is 0.508 e. The summed E-state index contributed by atoms with van der Waals surface area (Å²) in [7, 11) is 0. The van der Waals surface area contributed by atoms with E-state index >= 15 is 0 Å². The van der Waals surface area contributed by atoms with E-state index < -0.39 is 24.0 Å². The Morgan fingerprint density at radius 3 is 2.47 bits per heavy atom. The molecular weight excluding hydrogens is 226 g/mol. The number of phenolic OH excluding ortho intramolecular Hbond substituents is 1. The molecule has 0 unspecified atom stereocenters. The van der Waals surface area contributed by atoms with Gasteiger partial charge in [0.15, 0.2) is 6.04 Å². The lowest BCUT2D eigenvalue weighted by molar-refractivity contribution is -0.141. The number of aliphatic hydroxyl groups is 1. The zero-order valence-electron chi connectivity index (χ0n) is 9.12. The molecule has 17 heavy (non-hydrogen) atoms. The Morgan fingerprint density at radius 2 is 2.00 bits per heavy atom. The summed E-state index contributed by atoms with van der Waals surface area (Å²) < 4.78 is 0. The third-order valence-electron chi connectivity index (χ3n) is 2.14. The monoisotopic (exact) mass is 239 g/mol. The molecule has 0 bridgehead atoms. The number of aromatic hydroxyl groups is 1. The molecule has 1 aromatic rings. The van der Waals surface area contributed by atoms with Crippen LogP contribution in [0.2, 0.25) is 0 Å². The number of benzene rings is 1. The third kappa shape index (κ3) is 3.46. The maximum atomic E-state index is 11.6. The molecule has 0 aliphatic heterocycles. The topological polar surface area (TPSA) is 107 Å². The molecule has 2 atom stereocenters. The van der Waals surface area contributed by atoms with Gasteiger partial charge in [0.05, 0.1) is 6.10 Å². The van der Waals surface area contributed by atoms with Crippen LogP contribution in [0.1, 0.15) is 17.3 Å². The van der Waals surface area contributed by atoms with Gasteiger partial charge in [-0.1, -0.05) is 6.07 Å². The first kappa shape index (κ1) is 13.0. The van der Waals surface area contributed by atoms with Crippen LogP contribution in [0.25, 0.3) is 0 Å². The third-order valence-corrected chi connectivity index (χ3v) is 2.14. The van der Waals surface area contributed by atoms with Crippen molar-refractivity contribution >= 4 is 11.9 Å². The fraction of sp³-hybridized carbons (Fsp3) is 0.273. The number of carboxylic acid groups (broad SMARTS) is 1. The number of aliphatic hydroxyl groups excluding tert-OH is 1. The van der Waals surface area contributed by atoms with Gasteiger partial charge in [-0.25, -0.2) is 4.79 Å². The SMILES string of the molecule is C[C@@H](O)[C@H](NC(=O)c1cccc(O)c1)C(=O)O. The van der Waals surface area contributed by atoms with Gasteiger partial charge in [0.25, 0.3) is 5.91 Å². The lowest BCUT2D eigenvalue weighted by Gasteiger charge is -2.16. The number of hydrogen-bond donors (Lipinski definition) is 4. The smallest absolute Gasteiger partial charge is 0.328 e. The summed E-state index contributed by atoms with van der Waals surface area (Å²) in [6.07, 6.45) is -1.21. The zero-order chi connectivity index (χ0) is 13.0. The number of carbonyl (C=O) groups is 2. The molecule has 0 radical (unpaired) electrons. The van der Waals surface area contributed by atoms with Gasteiger partial charge in [0, 0.05) is 5.56 Å². The number of carboxylic acids is 1. The molecule has 0 heterocycles. The van der Waals surface area contributed by atoms with Crippen LogP contribution in [0.4, 0.5) is 0 Å². The molecule has 0 aromatic heterocycles. The highest BCUT2D eigenvalue weighted by molar-refractivity contribution is 5.97. The molecule has 1 aromatic carbocycles. The molecular formula is C11H13NO5. The second-order valence-corrected chi connectivity index (χ2v) is 3.58. The molecule has 92 valence electrons. The molecule has 1 rings (SSSR count). The number of rotatable bonds is 4. The standard InChI is InChI=1S/C11H13NO5/c1-6(13)9(11(16)17)12-10(15)7-3-2-4-8(14)5-7/h2-6,9,13-14H,1H3,(H,12,15)(H,16,17)/t6-,9+/m1/s1. The van der Waals surface area contributed by atoms with Gasteiger partial charge in [0.1, 0.15) is 5.75 Å². The van der Waals surface area contributed by atoms with E-state index in [1.807, 2.05) is 0 Å². The van der Waals surface area contributed by atoms with Crippen molar-refractivity contribution < 1.29 is 24.9 Å². The first-order valence-electron chi connectivity index (χ1n) is 4.92. The maximum absolute atomic E-state index is 11.6. The summed E-state index contributed by atoms with van der Waals surface area (Å²) in [5.74, 6) is -2.09. The van der Waals surface area contributed by atoms with E-state index in [1.54, 1.807) is 0 Å². The van der Waals surface area contributed by atoms with E-state index in [0.29, 0.717) is 0 Å². The van der Waals surface area contributed by atoms with E-state index in [2.05, 4.69) is 5.32 Å². The molecule has 1 amide bonds. The van der Waals surface area contributed by atoms with E-state index in [4.69, 9.17) is 10.2 Å². The van der Waals surface area contributed by atoms with Gasteiger partial charge >= 0.3 is 5.97 Å². The van der Waals surface area contributed by atoms with E-state index in [0.717, 1.165) is 0 Å². The van der Waals surface area contributed by atoms with Gasteiger partial charge in [-0.05, 0) is 25.1 Å².